The van der Waals surface area contributed by atoms with Crippen LogP contribution in [-0.4, -0.2) is 10.9 Å². The lowest BCUT2D eigenvalue weighted by molar-refractivity contribution is -0.123. The van der Waals surface area contributed by atoms with Crippen LogP contribution in [0.4, 0.5) is 17.2 Å². The molecule has 2 rings (SSSR count). The van der Waals surface area contributed by atoms with Crippen molar-refractivity contribution in [3.05, 3.63) is 46.6 Å². The number of benzene rings is 1. The second-order valence-electron chi connectivity index (χ2n) is 5.89. The Morgan fingerprint density at radius 2 is 1.86 bits per heavy atom. The summed E-state index contributed by atoms with van der Waals surface area (Å²) in [5.41, 5.74) is 0.862. The molecule has 0 saturated heterocycles. The van der Waals surface area contributed by atoms with E-state index >= 15 is 0 Å². The summed E-state index contributed by atoms with van der Waals surface area (Å²) in [4.78, 5) is 16.2. The number of rotatable bonds is 3. The van der Waals surface area contributed by atoms with E-state index in [-0.39, 0.29) is 5.91 Å². The molecule has 1 aromatic carbocycles. The fraction of sp³-hybridized carbons (Fsp3) is 0.250. The number of anilines is 3. The van der Waals surface area contributed by atoms with Crippen molar-refractivity contribution in [2.45, 2.75) is 20.8 Å². The molecule has 0 radical (unpaired) electrons. The van der Waals surface area contributed by atoms with E-state index in [0.717, 1.165) is 0 Å². The number of aromatic nitrogens is 1. The number of hydrogen-bond acceptors (Lipinski definition) is 3. The summed E-state index contributed by atoms with van der Waals surface area (Å²) in [6.45, 7) is 5.56. The number of hydrogen-bond donors (Lipinski definition) is 2. The van der Waals surface area contributed by atoms with Gasteiger partial charge in [-0.3, -0.25) is 4.79 Å². The Morgan fingerprint density at radius 1 is 1.14 bits per heavy atom. The molecule has 0 bridgehead atoms. The Hall–Kier alpha value is -1.78. The van der Waals surface area contributed by atoms with Gasteiger partial charge in [0.25, 0.3) is 0 Å². The van der Waals surface area contributed by atoms with Gasteiger partial charge in [0.05, 0.1) is 22.6 Å². The zero-order valence-electron chi connectivity index (χ0n) is 12.6. The van der Waals surface area contributed by atoms with Crippen LogP contribution in [0.2, 0.25) is 10.0 Å². The minimum absolute atomic E-state index is 0.0621. The lowest BCUT2D eigenvalue weighted by Crippen LogP contribution is -2.27. The van der Waals surface area contributed by atoms with Crippen LogP contribution in [0.15, 0.2) is 36.5 Å². The molecule has 0 aliphatic carbocycles. The van der Waals surface area contributed by atoms with Crippen LogP contribution < -0.4 is 10.6 Å². The average molecular weight is 338 g/mol. The Labute approximate surface area is 139 Å². The lowest BCUT2D eigenvalue weighted by atomic mass is 9.96. The van der Waals surface area contributed by atoms with E-state index in [0.29, 0.717) is 27.2 Å². The Morgan fingerprint density at radius 3 is 2.45 bits per heavy atom. The number of pyridine rings is 1. The van der Waals surface area contributed by atoms with Crippen LogP contribution in [0.1, 0.15) is 20.8 Å². The highest BCUT2D eigenvalue weighted by Crippen LogP contribution is 2.28. The summed E-state index contributed by atoms with van der Waals surface area (Å²) < 4.78 is 0. The average Bonchev–Trinajstić information content (AvgIpc) is 2.44. The van der Waals surface area contributed by atoms with Gasteiger partial charge in [0, 0.05) is 10.4 Å². The molecule has 116 valence electrons. The van der Waals surface area contributed by atoms with Crippen LogP contribution in [0.25, 0.3) is 0 Å². The van der Waals surface area contributed by atoms with Gasteiger partial charge in [0.15, 0.2) is 0 Å². The Balaban J connectivity index is 2.09. The molecule has 2 aromatic rings. The molecule has 0 aliphatic rings. The van der Waals surface area contributed by atoms with Crippen molar-refractivity contribution in [3.8, 4) is 0 Å². The van der Waals surface area contributed by atoms with E-state index in [2.05, 4.69) is 15.6 Å². The first-order chi connectivity index (χ1) is 10.3. The van der Waals surface area contributed by atoms with Gasteiger partial charge >= 0.3 is 0 Å². The van der Waals surface area contributed by atoms with Crippen LogP contribution in [0, 0.1) is 5.41 Å². The zero-order chi connectivity index (χ0) is 16.3. The fourth-order valence-corrected chi connectivity index (χ4v) is 1.93. The highest BCUT2D eigenvalue weighted by atomic mass is 35.5. The van der Waals surface area contributed by atoms with Crippen LogP contribution in [0.3, 0.4) is 0 Å². The molecule has 4 nitrogen and oxygen atoms in total. The zero-order valence-corrected chi connectivity index (χ0v) is 14.1. The minimum Gasteiger partial charge on any atom is -0.339 e. The molecule has 0 spiro atoms. The third-order valence-electron chi connectivity index (χ3n) is 2.89. The number of carbonyl (C=O) groups excluding carboxylic acids is 1. The summed E-state index contributed by atoms with van der Waals surface area (Å²) in [5.74, 6) is 0.547. The third-order valence-corrected chi connectivity index (χ3v) is 3.46. The molecular weight excluding hydrogens is 321 g/mol. The van der Waals surface area contributed by atoms with Gasteiger partial charge in [-0.25, -0.2) is 4.98 Å². The van der Waals surface area contributed by atoms with Gasteiger partial charge in [-0.15, -0.1) is 0 Å². The Bertz CT molecular complexity index is 679. The van der Waals surface area contributed by atoms with Crippen molar-refractivity contribution in [2.75, 3.05) is 10.6 Å². The van der Waals surface area contributed by atoms with Crippen LogP contribution >= 0.6 is 23.2 Å². The predicted molar refractivity (Wildman–Crippen MR) is 92.1 cm³/mol. The van der Waals surface area contributed by atoms with Crippen molar-refractivity contribution >= 4 is 46.3 Å². The van der Waals surface area contributed by atoms with Crippen molar-refractivity contribution in [3.63, 3.8) is 0 Å². The molecule has 22 heavy (non-hydrogen) atoms. The smallest absolute Gasteiger partial charge is 0.229 e. The summed E-state index contributed by atoms with van der Waals surface area (Å²) in [5, 5.41) is 7.04. The van der Waals surface area contributed by atoms with Gasteiger partial charge < -0.3 is 10.6 Å². The molecule has 0 aliphatic heterocycles. The van der Waals surface area contributed by atoms with Gasteiger partial charge in [-0.2, -0.15) is 0 Å². The van der Waals surface area contributed by atoms with E-state index in [1.54, 1.807) is 36.5 Å². The molecule has 1 amide bonds. The van der Waals surface area contributed by atoms with Gasteiger partial charge in [0.1, 0.15) is 5.82 Å². The molecule has 6 heteroatoms. The van der Waals surface area contributed by atoms with Crippen molar-refractivity contribution < 1.29 is 4.79 Å². The monoisotopic (exact) mass is 337 g/mol. The van der Waals surface area contributed by atoms with Crippen molar-refractivity contribution in [2.24, 2.45) is 5.41 Å². The van der Waals surface area contributed by atoms with E-state index in [4.69, 9.17) is 23.2 Å². The Kier molecular flexibility index (Phi) is 4.94. The first-order valence-corrected chi connectivity index (χ1v) is 7.51. The van der Waals surface area contributed by atoms with E-state index in [1.807, 2.05) is 20.8 Å². The van der Waals surface area contributed by atoms with Crippen LogP contribution in [-0.2, 0) is 4.79 Å². The summed E-state index contributed by atoms with van der Waals surface area (Å²) in [6, 6.07) is 8.69. The maximum absolute atomic E-state index is 11.9. The normalized spacial score (nSPS) is 11.1. The molecule has 2 N–H and O–H groups in total. The predicted octanol–water partition coefficient (Wildman–Crippen LogP) is 5.12. The fourth-order valence-electron chi connectivity index (χ4n) is 1.59. The molecule has 0 saturated carbocycles. The first kappa shape index (κ1) is 16.6. The number of carbonyl (C=O) groups is 1. The summed E-state index contributed by atoms with van der Waals surface area (Å²) in [6.07, 6.45) is 1.59. The SMILES string of the molecule is CC(C)(C)C(=O)Nc1ccc(Nc2cc(Cl)ccc2Cl)nc1. The maximum atomic E-state index is 11.9. The second kappa shape index (κ2) is 6.55. The number of halogens is 2. The lowest BCUT2D eigenvalue weighted by Gasteiger charge is -2.17. The molecule has 1 aromatic heterocycles. The largest absolute Gasteiger partial charge is 0.339 e. The van der Waals surface area contributed by atoms with E-state index < -0.39 is 5.41 Å². The van der Waals surface area contributed by atoms with Crippen molar-refractivity contribution in [1.29, 1.82) is 0 Å². The quantitative estimate of drug-likeness (QED) is 0.817. The minimum atomic E-state index is -0.453. The maximum Gasteiger partial charge on any atom is 0.229 e. The highest BCUT2D eigenvalue weighted by molar-refractivity contribution is 6.35. The molecule has 0 atom stereocenters. The second-order valence-corrected chi connectivity index (χ2v) is 6.73. The number of amides is 1. The topological polar surface area (TPSA) is 54.0 Å². The standard InChI is InChI=1S/C16H17Cl2N3O/c1-16(2,3)15(22)20-11-5-7-14(19-9-11)21-13-8-10(17)4-6-12(13)18/h4-9H,1-3H3,(H,19,21)(H,20,22). The molecule has 0 unspecified atom stereocenters. The van der Waals surface area contributed by atoms with Gasteiger partial charge in [-0.1, -0.05) is 44.0 Å². The van der Waals surface area contributed by atoms with E-state index in [1.165, 1.54) is 0 Å². The van der Waals surface area contributed by atoms with E-state index in [9.17, 15) is 4.79 Å². The van der Waals surface area contributed by atoms with Gasteiger partial charge in [0.2, 0.25) is 5.91 Å². The molecule has 1 heterocycles. The van der Waals surface area contributed by atoms with Crippen LogP contribution in [0.5, 0.6) is 0 Å². The molecular formula is C16H17Cl2N3O. The molecule has 0 fully saturated rings. The van der Waals surface area contributed by atoms with Gasteiger partial charge in [-0.05, 0) is 30.3 Å². The van der Waals surface area contributed by atoms with Crippen molar-refractivity contribution in [1.82, 2.24) is 4.98 Å². The first-order valence-electron chi connectivity index (χ1n) is 6.75. The highest BCUT2D eigenvalue weighted by Gasteiger charge is 2.21. The number of nitrogens with zero attached hydrogens (tertiary/aromatic N) is 1. The summed E-state index contributed by atoms with van der Waals surface area (Å²) in [7, 11) is 0. The third kappa shape index (κ3) is 4.36. The summed E-state index contributed by atoms with van der Waals surface area (Å²) >= 11 is 12.0. The number of nitrogens with one attached hydrogen (secondary N) is 2.